The summed E-state index contributed by atoms with van der Waals surface area (Å²) >= 11 is 0. The summed E-state index contributed by atoms with van der Waals surface area (Å²) < 4.78 is 4.79. The van der Waals surface area contributed by atoms with Gasteiger partial charge < -0.3 is 15.2 Å². The molecule has 0 fully saturated rings. The number of carbonyl (C=O) groups excluding carboxylic acids is 1. The fourth-order valence-electron chi connectivity index (χ4n) is 1.03. The van der Waals surface area contributed by atoms with Crippen LogP contribution in [0.15, 0.2) is 0 Å². The molecule has 1 unspecified atom stereocenters. The third-order valence-electron chi connectivity index (χ3n) is 2.62. The Morgan fingerprint density at radius 1 is 1.53 bits per heavy atom. The summed E-state index contributed by atoms with van der Waals surface area (Å²) in [6, 6.07) is 0. The Hall–Kier alpha value is -0.610. The molecule has 15 heavy (non-hydrogen) atoms. The van der Waals surface area contributed by atoms with E-state index in [-0.39, 0.29) is 11.3 Å². The van der Waals surface area contributed by atoms with E-state index in [1.165, 1.54) is 0 Å². The molecule has 0 saturated carbocycles. The predicted octanol–water partition coefficient (Wildman–Crippen LogP) is 0.936. The smallest absolute Gasteiger partial charge is 0.225 e. The van der Waals surface area contributed by atoms with Gasteiger partial charge in [-0.2, -0.15) is 0 Å². The number of amides is 1. The fourth-order valence-corrected chi connectivity index (χ4v) is 1.03. The van der Waals surface area contributed by atoms with E-state index in [1.807, 2.05) is 20.8 Å². The van der Waals surface area contributed by atoms with Gasteiger partial charge in [-0.05, 0) is 12.8 Å². The van der Waals surface area contributed by atoms with Gasteiger partial charge in [-0.25, -0.2) is 0 Å². The van der Waals surface area contributed by atoms with Crippen molar-refractivity contribution in [1.29, 1.82) is 0 Å². The van der Waals surface area contributed by atoms with Crippen LogP contribution in [0.5, 0.6) is 0 Å². The highest BCUT2D eigenvalue weighted by Gasteiger charge is 2.24. The van der Waals surface area contributed by atoms with E-state index in [1.54, 1.807) is 7.11 Å². The van der Waals surface area contributed by atoms with Crippen molar-refractivity contribution in [3.05, 3.63) is 0 Å². The van der Waals surface area contributed by atoms with Crippen molar-refractivity contribution in [3.8, 4) is 0 Å². The molecule has 0 aromatic heterocycles. The van der Waals surface area contributed by atoms with Gasteiger partial charge in [-0.15, -0.1) is 0 Å². The summed E-state index contributed by atoms with van der Waals surface area (Å²) in [4.78, 5) is 11.6. The SMILES string of the molecule is CCC(C)(C)C(=O)NCCC(O)COC. The van der Waals surface area contributed by atoms with E-state index in [9.17, 15) is 9.90 Å². The zero-order chi connectivity index (χ0) is 11.9. The second kappa shape index (κ2) is 6.80. The zero-order valence-corrected chi connectivity index (χ0v) is 10.2. The van der Waals surface area contributed by atoms with E-state index in [0.29, 0.717) is 19.6 Å². The second-order valence-electron chi connectivity index (χ2n) is 4.39. The van der Waals surface area contributed by atoms with Crippen molar-refractivity contribution >= 4 is 5.91 Å². The lowest BCUT2D eigenvalue weighted by molar-refractivity contribution is -0.129. The minimum atomic E-state index is -0.500. The quantitative estimate of drug-likeness (QED) is 0.667. The van der Waals surface area contributed by atoms with Gasteiger partial charge in [-0.3, -0.25) is 4.79 Å². The molecule has 0 saturated heterocycles. The van der Waals surface area contributed by atoms with Gasteiger partial charge in [-0.1, -0.05) is 20.8 Å². The largest absolute Gasteiger partial charge is 0.391 e. The van der Waals surface area contributed by atoms with Crippen molar-refractivity contribution in [2.45, 2.75) is 39.7 Å². The van der Waals surface area contributed by atoms with Crippen molar-refractivity contribution in [2.24, 2.45) is 5.41 Å². The first-order valence-electron chi connectivity index (χ1n) is 5.39. The Kier molecular flexibility index (Phi) is 6.52. The summed E-state index contributed by atoms with van der Waals surface area (Å²) in [5.41, 5.74) is -0.327. The number of hydrogen-bond donors (Lipinski definition) is 2. The maximum Gasteiger partial charge on any atom is 0.225 e. The first kappa shape index (κ1) is 14.4. The highest BCUT2D eigenvalue weighted by atomic mass is 16.5. The van der Waals surface area contributed by atoms with Crippen molar-refractivity contribution in [1.82, 2.24) is 5.32 Å². The molecule has 1 amide bonds. The lowest BCUT2D eigenvalue weighted by atomic mass is 9.89. The molecule has 0 bridgehead atoms. The second-order valence-corrected chi connectivity index (χ2v) is 4.39. The van der Waals surface area contributed by atoms with Crippen molar-refractivity contribution in [2.75, 3.05) is 20.3 Å². The standard InChI is InChI=1S/C11H23NO3/c1-5-11(2,3)10(14)12-7-6-9(13)8-15-4/h9,13H,5-8H2,1-4H3,(H,12,14). The Morgan fingerprint density at radius 2 is 2.13 bits per heavy atom. The Balaban J connectivity index is 3.73. The molecule has 0 spiro atoms. The molecular weight excluding hydrogens is 194 g/mol. The molecule has 0 aliphatic rings. The van der Waals surface area contributed by atoms with E-state index >= 15 is 0 Å². The van der Waals surface area contributed by atoms with Crippen LogP contribution in [0.4, 0.5) is 0 Å². The molecule has 2 N–H and O–H groups in total. The minimum Gasteiger partial charge on any atom is -0.391 e. The Labute approximate surface area is 92.0 Å². The van der Waals surface area contributed by atoms with Gasteiger partial charge in [0.25, 0.3) is 0 Å². The van der Waals surface area contributed by atoms with E-state index in [0.717, 1.165) is 6.42 Å². The van der Waals surface area contributed by atoms with Gasteiger partial charge in [0.2, 0.25) is 5.91 Å². The lowest BCUT2D eigenvalue weighted by Crippen LogP contribution is -2.38. The number of rotatable bonds is 7. The van der Waals surface area contributed by atoms with Crippen LogP contribution >= 0.6 is 0 Å². The summed E-state index contributed by atoms with van der Waals surface area (Å²) in [7, 11) is 1.54. The summed E-state index contributed by atoms with van der Waals surface area (Å²) in [6.45, 7) is 6.61. The minimum absolute atomic E-state index is 0.0367. The number of aliphatic hydroxyl groups is 1. The maximum atomic E-state index is 11.6. The molecule has 0 aliphatic heterocycles. The molecule has 0 radical (unpaired) electrons. The van der Waals surface area contributed by atoms with Gasteiger partial charge >= 0.3 is 0 Å². The molecule has 0 aromatic carbocycles. The fraction of sp³-hybridized carbons (Fsp3) is 0.909. The van der Waals surface area contributed by atoms with Crippen LogP contribution in [0.3, 0.4) is 0 Å². The maximum absolute atomic E-state index is 11.6. The molecule has 0 aromatic rings. The molecule has 4 heteroatoms. The van der Waals surface area contributed by atoms with Crippen LogP contribution in [0.2, 0.25) is 0 Å². The first-order valence-corrected chi connectivity index (χ1v) is 5.39. The van der Waals surface area contributed by atoms with Crippen LogP contribution < -0.4 is 5.32 Å². The summed E-state index contributed by atoms with van der Waals surface area (Å²) in [5.74, 6) is 0.0367. The molecule has 0 heterocycles. The van der Waals surface area contributed by atoms with Crippen LogP contribution in [0.1, 0.15) is 33.6 Å². The van der Waals surface area contributed by atoms with Crippen LogP contribution in [0.25, 0.3) is 0 Å². The number of hydrogen-bond acceptors (Lipinski definition) is 3. The summed E-state index contributed by atoms with van der Waals surface area (Å²) in [6.07, 6.45) is 0.832. The number of methoxy groups -OCH3 is 1. The molecule has 4 nitrogen and oxygen atoms in total. The van der Waals surface area contributed by atoms with E-state index < -0.39 is 6.10 Å². The summed E-state index contributed by atoms with van der Waals surface area (Å²) in [5, 5.41) is 12.2. The number of carbonyl (C=O) groups is 1. The van der Waals surface area contributed by atoms with Gasteiger partial charge in [0, 0.05) is 19.1 Å². The lowest BCUT2D eigenvalue weighted by Gasteiger charge is -2.21. The number of aliphatic hydroxyl groups excluding tert-OH is 1. The zero-order valence-electron chi connectivity index (χ0n) is 10.2. The van der Waals surface area contributed by atoms with Crippen molar-refractivity contribution < 1.29 is 14.6 Å². The van der Waals surface area contributed by atoms with Crippen LogP contribution in [-0.4, -0.2) is 37.4 Å². The third-order valence-corrected chi connectivity index (χ3v) is 2.62. The number of nitrogens with one attached hydrogen (secondary N) is 1. The molecule has 90 valence electrons. The molecule has 0 aliphatic carbocycles. The highest BCUT2D eigenvalue weighted by Crippen LogP contribution is 2.19. The van der Waals surface area contributed by atoms with Crippen LogP contribution in [-0.2, 0) is 9.53 Å². The van der Waals surface area contributed by atoms with Crippen LogP contribution in [0, 0.1) is 5.41 Å². The van der Waals surface area contributed by atoms with Gasteiger partial charge in [0.15, 0.2) is 0 Å². The Bertz CT molecular complexity index is 192. The topological polar surface area (TPSA) is 58.6 Å². The number of ether oxygens (including phenoxy) is 1. The predicted molar refractivity (Wildman–Crippen MR) is 59.6 cm³/mol. The monoisotopic (exact) mass is 217 g/mol. The Morgan fingerprint density at radius 3 is 2.60 bits per heavy atom. The van der Waals surface area contributed by atoms with E-state index in [2.05, 4.69) is 5.32 Å². The highest BCUT2D eigenvalue weighted by molar-refractivity contribution is 5.81. The molecule has 1 atom stereocenters. The van der Waals surface area contributed by atoms with Crippen molar-refractivity contribution in [3.63, 3.8) is 0 Å². The molecular formula is C11H23NO3. The third kappa shape index (κ3) is 5.74. The average Bonchev–Trinajstić information content (AvgIpc) is 2.18. The van der Waals surface area contributed by atoms with Gasteiger partial charge in [0.1, 0.15) is 0 Å². The average molecular weight is 217 g/mol. The first-order chi connectivity index (χ1) is 6.94. The normalized spacial score (nSPS) is 13.7. The molecule has 0 rings (SSSR count). The van der Waals surface area contributed by atoms with Gasteiger partial charge in [0.05, 0.1) is 12.7 Å². The van der Waals surface area contributed by atoms with E-state index in [4.69, 9.17) is 4.74 Å².